The number of nitrogens with one attached hydrogen (secondary N) is 3. The van der Waals surface area contributed by atoms with Gasteiger partial charge < -0.3 is 32.3 Å². The van der Waals surface area contributed by atoms with Crippen LogP contribution in [-0.4, -0.2) is 74.5 Å². The summed E-state index contributed by atoms with van der Waals surface area (Å²) in [5.74, 6) is -1.16. The molecule has 1 aliphatic carbocycles. The van der Waals surface area contributed by atoms with E-state index in [0.717, 1.165) is 30.7 Å². The molecule has 0 bridgehead atoms. The summed E-state index contributed by atoms with van der Waals surface area (Å²) in [5.41, 5.74) is 11.3. The molecule has 0 radical (unpaired) electrons. The van der Waals surface area contributed by atoms with Crippen molar-refractivity contribution in [3.63, 3.8) is 0 Å². The highest BCUT2D eigenvalue weighted by Gasteiger charge is 2.31. The molecule has 2 rings (SSSR count). The lowest BCUT2D eigenvalue weighted by molar-refractivity contribution is -0.137. The zero-order valence-corrected chi connectivity index (χ0v) is 24.2. The number of carbonyl (C=O) groups is 4. The fourth-order valence-electron chi connectivity index (χ4n) is 3.98. The van der Waals surface area contributed by atoms with Crippen LogP contribution in [0.2, 0.25) is 0 Å². The Balaban J connectivity index is 0.000000650. The van der Waals surface area contributed by atoms with Crippen LogP contribution in [0.4, 0.5) is 13.2 Å². The van der Waals surface area contributed by atoms with Gasteiger partial charge in [0, 0.05) is 32.6 Å². The molecule has 0 heterocycles. The predicted octanol–water partition coefficient (Wildman–Crippen LogP) is 1.73. The number of nitrogens with zero attached hydrogens (tertiary/aromatic N) is 2. The van der Waals surface area contributed by atoms with E-state index in [-0.39, 0.29) is 11.5 Å². The van der Waals surface area contributed by atoms with E-state index in [9.17, 15) is 32.3 Å². The summed E-state index contributed by atoms with van der Waals surface area (Å²) in [4.78, 5) is 52.3. The van der Waals surface area contributed by atoms with Crippen LogP contribution in [-0.2, 0) is 25.4 Å². The number of allylic oxidation sites excluding steroid dienone is 1. The van der Waals surface area contributed by atoms with Gasteiger partial charge in [-0.1, -0.05) is 43.9 Å². The number of carbonyl (C=O) groups excluding carboxylic acids is 4. The van der Waals surface area contributed by atoms with Crippen molar-refractivity contribution in [3.8, 4) is 0 Å². The van der Waals surface area contributed by atoms with E-state index < -0.39 is 42.2 Å². The number of nitrogens with two attached hydrogens (primary N) is 2. The number of hydrogen-bond acceptors (Lipinski definition) is 7. The highest BCUT2D eigenvalue weighted by Crippen LogP contribution is 2.30. The van der Waals surface area contributed by atoms with Crippen LogP contribution < -0.4 is 27.4 Å². The number of alkyl halides is 3. The molecule has 2 atom stereocenters. The van der Waals surface area contributed by atoms with Crippen LogP contribution in [0.25, 0.3) is 0 Å². The first-order chi connectivity index (χ1) is 20.4. The molecule has 0 saturated heterocycles. The number of halogens is 3. The van der Waals surface area contributed by atoms with Gasteiger partial charge in [0.05, 0.1) is 23.8 Å². The standard InChI is InChI=1S/C21H21F3N4O3.C8H19N3O/c1-3-13-10-16(8-9-17(13)25-2)27-20(31)19(28-18(30)11-26-12-29)14-4-6-15(7-5-14)21(22,23)24;1-2-3-8(12)11(6-4-9)7-5-10/h3-7,9-10,12,16,19H,1-2,8,11H2,(H,26,29)(H,27,31)(H,28,30);2-7,9-10H2,1H3/t16?,19-;/m0./s1. The smallest absolute Gasteiger partial charge is 0.350 e. The van der Waals surface area contributed by atoms with Crippen molar-refractivity contribution < 1.29 is 32.3 Å². The van der Waals surface area contributed by atoms with Crippen LogP contribution in [0.1, 0.15) is 43.4 Å². The molecule has 0 spiro atoms. The average Bonchev–Trinajstić information content (AvgIpc) is 2.98. The van der Waals surface area contributed by atoms with Crippen molar-refractivity contribution in [2.45, 2.75) is 44.4 Å². The molecular formula is C29H40F3N7O4. The molecule has 43 heavy (non-hydrogen) atoms. The molecule has 4 amide bonds. The molecule has 11 nitrogen and oxygen atoms in total. The zero-order chi connectivity index (χ0) is 32.4. The normalized spacial score (nSPS) is 14.9. The van der Waals surface area contributed by atoms with Crippen LogP contribution in [0.5, 0.6) is 0 Å². The fraction of sp³-hybridized carbons (Fsp3) is 0.414. The first-order valence-corrected chi connectivity index (χ1v) is 13.6. The van der Waals surface area contributed by atoms with Gasteiger partial charge in [-0.2, -0.15) is 13.2 Å². The van der Waals surface area contributed by atoms with Crippen LogP contribution in [0.3, 0.4) is 0 Å². The summed E-state index contributed by atoms with van der Waals surface area (Å²) in [6.07, 6.45) is 2.68. The average molecular weight is 608 g/mol. The molecule has 1 aliphatic rings. The number of aliphatic imine (C=N–C) groups is 1. The van der Waals surface area contributed by atoms with E-state index in [1.807, 2.05) is 6.92 Å². The molecule has 0 saturated carbocycles. The second-order valence-corrected chi connectivity index (χ2v) is 9.25. The summed E-state index contributed by atoms with van der Waals surface area (Å²) in [6.45, 7) is 11.0. The quantitative estimate of drug-likeness (QED) is 0.150. The molecule has 236 valence electrons. The molecule has 1 aromatic rings. The Labute approximate surface area is 249 Å². The Morgan fingerprint density at radius 2 is 1.79 bits per heavy atom. The second kappa shape index (κ2) is 19.0. The Hall–Kier alpha value is -4.30. The van der Waals surface area contributed by atoms with Crippen molar-refractivity contribution in [1.82, 2.24) is 20.9 Å². The summed E-state index contributed by atoms with van der Waals surface area (Å²) in [7, 11) is 0. The van der Waals surface area contributed by atoms with Crippen LogP contribution >= 0.6 is 0 Å². The van der Waals surface area contributed by atoms with Gasteiger partial charge in [0.1, 0.15) is 6.04 Å². The number of benzene rings is 1. The first kappa shape index (κ1) is 36.7. The molecular weight excluding hydrogens is 567 g/mol. The molecule has 0 aromatic heterocycles. The van der Waals surface area contributed by atoms with Gasteiger partial charge in [0.15, 0.2) is 0 Å². The van der Waals surface area contributed by atoms with Gasteiger partial charge >= 0.3 is 6.18 Å². The fourth-order valence-corrected chi connectivity index (χ4v) is 3.98. The van der Waals surface area contributed by atoms with Crippen molar-refractivity contribution in [1.29, 1.82) is 0 Å². The SMILES string of the molecule is C=CC1=CC(NC(=O)[C@@H](NC(=O)CNC=O)c2ccc(C(F)(F)F)cc2)CC=C1N=C.CCCC(=O)N(CCN)CCN. The summed E-state index contributed by atoms with van der Waals surface area (Å²) >= 11 is 0. The van der Waals surface area contributed by atoms with E-state index in [1.54, 1.807) is 23.1 Å². The molecule has 1 aromatic carbocycles. The summed E-state index contributed by atoms with van der Waals surface area (Å²) in [6, 6.07) is 2.16. The number of amides is 4. The maximum Gasteiger partial charge on any atom is 0.416 e. The van der Waals surface area contributed by atoms with Gasteiger partial charge in [0.25, 0.3) is 0 Å². The van der Waals surface area contributed by atoms with E-state index >= 15 is 0 Å². The Morgan fingerprint density at radius 1 is 1.16 bits per heavy atom. The Morgan fingerprint density at radius 3 is 2.28 bits per heavy atom. The Bertz CT molecular complexity index is 1160. The maximum absolute atomic E-state index is 12.9. The van der Waals surface area contributed by atoms with Crippen molar-refractivity contribution in [3.05, 3.63) is 71.5 Å². The highest BCUT2D eigenvalue weighted by molar-refractivity contribution is 5.90. The van der Waals surface area contributed by atoms with Gasteiger partial charge in [-0.25, -0.2) is 0 Å². The maximum atomic E-state index is 12.9. The number of rotatable bonds is 15. The van der Waals surface area contributed by atoms with Gasteiger partial charge in [0.2, 0.25) is 24.1 Å². The predicted molar refractivity (Wildman–Crippen MR) is 158 cm³/mol. The van der Waals surface area contributed by atoms with E-state index in [1.165, 1.54) is 0 Å². The van der Waals surface area contributed by atoms with Gasteiger partial charge in [-0.15, -0.1) is 0 Å². The minimum atomic E-state index is -4.54. The lowest BCUT2D eigenvalue weighted by Crippen LogP contribution is -2.46. The Kier molecular flexibility index (Phi) is 16.2. The molecule has 14 heteroatoms. The third-order valence-corrected chi connectivity index (χ3v) is 6.06. The molecule has 0 fully saturated rings. The minimum Gasteiger partial charge on any atom is -0.350 e. The van der Waals surface area contributed by atoms with Gasteiger partial charge in [-0.05, 0) is 42.8 Å². The lowest BCUT2D eigenvalue weighted by atomic mass is 9.98. The third-order valence-electron chi connectivity index (χ3n) is 6.06. The van der Waals surface area contributed by atoms with Crippen molar-refractivity contribution >= 4 is 30.8 Å². The van der Waals surface area contributed by atoms with E-state index in [4.69, 9.17) is 11.5 Å². The molecule has 1 unspecified atom stereocenters. The molecule has 7 N–H and O–H groups in total. The minimum absolute atomic E-state index is 0.151. The monoisotopic (exact) mass is 607 g/mol. The molecule has 0 aliphatic heterocycles. The van der Waals surface area contributed by atoms with E-state index in [0.29, 0.717) is 56.7 Å². The third kappa shape index (κ3) is 12.6. The largest absolute Gasteiger partial charge is 0.416 e. The zero-order valence-electron chi connectivity index (χ0n) is 24.2. The van der Waals surface area contributed by atoms with Gasteiger partial charge in [-0.3, -0.25) is 24.2 Å². The number of hydrogen-bond donors (Lipinski definition) is 5. The van der Waals surface area contributed by atoms with Crippen molar-refractivity contribution in [2.75, 3.05) is 32.7 Å². The summed E-state index contributed by atoms with van der Waals surface area (Å²) in [5, 5.41) is 7.32. The topological polar surface area (TPSA) is 172 Å². The lowest BCUT2D eigenvalue weighted by Gasteiger charge is -2.24. The second-order valence-electron chi connectivity index (χ2n) is 9.25. The van der Waals surface area contributed by atoms with Crippen LogP contribution in [0.15, 0.2) is 65.3 Å². The first-order valence-electron chi connectivity index (χ1n) is 13.6. The summed E-state index contributed by atoms with van der Waals surface area (Å²) < 4.78 is 38.5. The van der Waals surface area contributed by atoms with E-state index in [2.05, 4.69) is 34.2 Å². The van der Waals surface area contributed by atoms with Crippen molar-refractivity contribution in [2.24, 2.45) is 16.5 Å². The van der Waals surface area contributed by atoms with Crippen LogP contribution in [0, 0.1) is 0 Å². The highest BCUT2D eigenvalue weighted by atomic mass is 19.4.